The summed E-state index contributed by atoms with van der Waals surface area (Å²) in [7, 11) is 0. The molecule has 0 aromatic carbocycles. The zero-order valence-electron chi connectivity index (χ0n) is 7.26. The molecular weight excluding hydrogens is 208 g/mol. The van der Waals surface area contributed by atoms with E-state index in [0.29, 0.717) is 12.5 Å². The Morgan fingerprint density at radius 1 is 1.55 bits per heavy atom. The van der Waals surface area contributed by atoms with Gasteiger partial charge in [-0.15, -0.1) is 0 Å². The quantitative estimate of drug-likeness (QED) is 0.539. The second kappa shape index (κ2) is 5.58. The van der Waals surface area contributed by atoms with Crippen LogP contribution in [0.25, 0.3) is 0 Å². The predicted molar refractivity (Wildman–Crippen MR) is 48.8 cm³/mol. The average molecular weight is 223 g/mol. The molecule has 0 N–H and O–H groups in total. The van der Waals surface area contributed by atoms with E-state index in [-0.39, 0.29) is 11.9 Å². The van der Waals surface area contributed by atoms with E-state index in [4.69, 9.17) is 4.74 Å². The Morgan fingerprint density at radius 3 is 2.45 bits per heavy atom. The summed E-state index contributed by atoms with van der Waals surface area (Å²) < 4.78 is 4.87. The number of hydrogen-bond acceptors (Lipinski definition) is 2. The lowest BCUT2D eigenvalue weighted by Crippen LogP contribution is -2.22. The van der Waals surface area contributed by atoms with Gasteiger partial charge in [0.1, 0.15) is 0 Å². The fourth-order valence-corrected chi connectivity index (χ4v) is 1.20. The number of carbonyl (C=O) groups is 1. The molecule has 2 atom stereocenters. The molecule has 0 aliphatic rings. The molecule has 0 radical (unpaired) electrons. The van der Waals surface area contributed by atoms with Crippen LogP contribution in [0.5, 0.6) is 0 Å². The summed E-state index contributed by atoms with van der Waals surface area (Å²) in [6, 6.07) is 0. The first-order valence-electron chi connectivity index (χ1n) is 3.86. The van der Waals surface area contributed by atoms with E-state index in [1.165, 1.54) is 0 Å². The highest BCUT2D eigenvalue weighted by Gasteiger charge is 2.19. The largest absolute Gasteiger partial charge is 0.466 e. The minimum absolute atomic E-state index is 0.00525. The van der Waals surface area contributed by atoms with Crippen molar-refractivity contribution in [1.82, 2.24) is 0 Å². The van der Waals surface area contributed by atoms with E-state index in [0.717, 1.165) is 5.33 Å². The van der Waals surface area contributed by atoms with Crippen LogP contribution < -0.4 is 0 Å². The molecule has 0 aromatic rings. The number of alkyl halides is 1. The van der Waals surface area contributed by atoms with Gasteiger partial charge in [0, 0.05) is 5.33 Å². The first kappa shape index (κ1) is 11.0. The van der Waals surface area contributed by atoms with Crippen LogP contribution in [-0.2, 0) is 9.53 Å². The van der Waals surface area contributed by atoms with Crippen LogP contribution in [0.1, 0.15) is 20.8 Å². The second-order valence-electron chi connectivity index (χ2n) is 2.67. The van der Waals surface area contributed by atoms with E-state index in [2.05, 4.69) is 15.9 Å². The summed E-state index contributed by atoms with van der Waals surface area (Å²) in [5, 5.41) is 0.840. The third kappa shape index (κ3) is 3.75. The Morgan fingerprint density at radius 2 is 2.09 bits per heavy atom. The number of rotatable bonds is 4. The van der Waals surface area contributed by atoms with Crippen molar-refractivity contribution in [3.05, 3.63) is 0 Å². The number of halogens is 1. The number of hydrogen-bond donors (Lipinski definition) is 0. The Kier molecular flexibility index (Phi) is 5.56. The standard InChI is InChI=1S/C8H15BrO2/c1-4-11-8(10)7(3)6(2)5-9/h6-7H,4-5H2,1-3H3. The maximum atomic E-state index is 11.1. The molecule has 2 nitrogen and oxygen atoms in total. The van der Waals surface area contributed by atoms with Gasteiger partial charge >= 0.3 is 5.97 Å². The number of carbonyl (C=O) groups excluding carboxylic acids is 1. The molecule has 0 saturated carbocycles. The fraction of sp³-hybridized carbons (Fsp3) is 0.875. The van der Waals surface area contributed by atoms with Gasteiger partial charge in [-0.1, -0.05) is 29.8 Å². The van der Waals surface area contributed by atoms with Gasteiger partial charge in [-0.3, -0.25) is 4.79 Å². The summed E-state index contributed by atoms with van der Waals surface area (Å²) >= 11 is 3.33. The van der Waals surface area contributed by atoms with Crippen molar-refractivity contribution in [2.45, 2.75) is 20.8 Å². The molecule has 0 aliphatic carbocycles. The minimum Gasteiger partial charge on any atom is -0.466 e. The molecular formula is C8H15BrO2. The van der Waals surface area contributed by atoms with E-state index in [1.54, 1.807) is 0 Å². The highest BCUT2D eigenvalue weighted by Crippen LogP contribution is 2.14. The summed E-state index contributed by atoms with van der Waals surface area (Å²) in [4.78, 5) is 11.1. The average Bonchev–Trinajstić information content (AvgIpc) is 2.02. The smallest absolute Gasteiger partial charge is 0.308 e. The van der Waals surface area contributed by atoms with Crippen LogP contribution in [-0.4, -0.2) is 17.9 Å². The third-order valence-corrected chi connectivity index (χ3v) is 2.78. The van der Waals surface area contributed by atoms with Gasteiger partial charge in [0.15, 0.2) is 0 Å². The predicted octanol–water partition coefficient (Wildman–Crippen LogP) is 2.22. The van der Waals surface area contributed by atoms with Crippen molar-refractivity contribution in [3.63, 3.8) is 0 Å². The molecule has 0 aromatic heterocycles. The van der Waals surface area contributed by atoms with E-state index in [9.17, 15) is 4.79 Å². The number of ether oxygens (including phenoxy) is 1. The van der Waals surface area contributed by atoms with Gasteiger partial charge in [0.2, 0.25) is 0 Å². The lowest BCUT2D eigenvalue weighted by atomic mass is 9.99. The molecule has 0 amide bonds. The van der Waals surface area contributed by atoms with E-state index < -0.39 is 0 Å². The monoisotopic (exact) mass is 222 g/mol. The summed E-state index contributed by atoms with van der Waals surface area (Å²) in [5.74, 6) is 0.239. The molecule has 3 heteroatoms. The van der Waals surface area contributed by atoms with Crippen molar-refractivity contribution >= 4 is 21.9 Å². The molecule has 0 heterocycles. The molecule has 0 spiro atoms. The zero-order chi connectivity index (χ0) is 8.85. The van der Waals surface area contributed by atoms with Crippen LogP contribution in [0, 0.1) is 11.8 Å². The Labute approximate surface area is 76.4 Å². The van der Waals surface area contributed by atoms with Gasteiger partial charge in [0.25, 0.3) is 0 Å². The molecule has 0 aliphatic heterocycles. The van der Waals surface area contributed by atoms with Crippen molar-refractivity contribution in [2.24, 2.45) is 11.8 Å². The highest BCUT2D eigenvalue weighted by atomic mass is 79.9. The topological polar surface area (TPSA) is 26.3 Å². The first-order valence-corrected chi connectivity index (χ1v) is 4.98. The number of esters is 1. The lowest BCUT2D eigenvalue weighted by molar-refractivity contribution is -0.148. The SMILES string of the molecule is CCOC(=O)C(C)C(C)CBr. The van der Waals surface area contributed by atoms with Gasteiger partial charge in [0.05, 0.1) is 12.5 Å². The second-order valence-corrected chi connectivity index (χ2v) is 3.32. The Hall–Kier alpha value is -0.0500. The van der Waals surface area contributed by atoms with Crippen molar-refractivity contribution in [3.8, 4) is 0 Å². The first-order chi connectivity index (χ1) is 5.13. The molecule has 0 bridgehead atoms. The maximum absolute atomic E-state index is 11.1. The van der Waals surface area contributed by atoms with Crippen LogP contribution in [0.4, 0.5) is 0 Å². The van der Waals surface area contributed by atoms with Crippen LogP contribution in [0.3, 0.4) is 0 Å². The Balaban J connectivity index is 3.80. The summed E-state index contributed by atoms with van der Waals surface area (Å²) in [6.45, 7) is 6.21. The van der Waals surface area contributed by atoms with Crippen molar-refractivity contribution in [1.29, 1.82) is 0 Å². The van der Waals surface area contributed by atoms with Gasteiger partial charge < -0.3 is 4.74 Å². The van der Waals surface area contributed by atoms with Gasteiger partial charge in [-0.05, 0) is 12.8 Å². The lowest BCUT2D eigenvalue weighted by Gasteiger charge is -2.15. The third-order valence-electron chi connectivity index (χ3n) is 1.76. The maximum Gasteiger partial charge on any atom is 0.308 e. The van der Waals surface area contributed by atoms with Crippen LogP contribution in [0.15, 0.2) is 0 Å². The molecule has 0 rings (SSSR count). The van der Waals surface area contributed by atoms with Crippen LogP contribution >= 0.6 is 15.9 Å². The normalized spacial score (nSPS) is 15.6. The zero-order valence-corrected chi connectivity index (χ0v) is 8.85. The molecule has 2 unspecified atom stereocenters. The highest BCUT2D eigenvalue weighted by molar-refractivity contribution is 9.09. The summed E-state index contributed by atoms with van der Waals surface area (Å²) in [5.41, 5.74) is 0. The molecule has 66 valence electrons. The molecule has 11 heavy (non-hydrogen) atoms. The van der Waals surface area contributed by atoms with Crippen LogP contribution in [0.2, 0.25) is 0 Å². The van der Waals surface area contributed by atoms with Crippen molar-refractivity contribution < 1.29 is 9.53 Å². The van der Waals surface area contributed by atoms with E-state index >= 15 is 0 Å². The van der Waals surface area contributed by atoms with Crippen molar-refractivity contribution in [2.75, 3.05) is 11.9 Å². The Bertz CT molecular complexity index is 125. The summed E-state index contributed by atoms with van der Waals surface area (Å²) in [6.07, 6.45) is 0. The fourth-order valence-electron chi connectivity index (χ4n) is 0.640. The van der Waals surface area contributed by atoms with E-state index in [1.807, 2.05) is 20.8 Å². The molecule has 0 saturated heterocycles. The van der Waals surface area contributed by atoms with Gasteiger partial charge in [-0.2, -0.15) is 0 Å². The van der Waals surface area contributed by atoms with Gasteiger partial charge in [-0.25, -0.2) is 0 Å². The molecule has 0 fully saturated rings. The minimum atomic E-state index is -0.0977.